The third-order valence-corrected chi connectivity index (χ3v) is 5.01. The zero-order chi connectivity index (χ0) is 19.0. The van der Waals surface area contributed by atoms with Crippen LogP contribution in [0.2, 0.25) is 0 Å². The summed E-state index contributed by atoms with van der Waals surface area (Å²) < 4.78 is 5.22. The smallest absolute Gasteiger partial charge is 0.320 e. The van der Waals surface area contributed by atoms with Gasteiger partial charge in [0.05, 0.1) is 6.54 Å². The highest BCUT2D eigenvalue weighted by atomic mass is 16.5. The fourth-order valence-corrected chi connectivity index (χ4v) is 3.23. The molecule has 1 aliphatic rings. The molecule has 0 spiro atoms. The molecule has 1 aliphatic carbocycles. The lowest BCUT2D eigenvalue weighted by Crippen LogP contribution is -2.30. The van der Waals surface area contributed by atoms with Gasteiger partial charge in [0.2, 0.25) is 0 Å². The molecule has 0 bridgehead atoms. The number of carbonyl (C=O) groups is 1. The van der Waals surface area contributed by atoms with Gasteiger partial charge in [0.25, 0.3) is 0 Å². The molecule has 0 heterocycles. The van der Waals surface area contributed by atoms with Gasteiger partial charge in [-0.25, -0.2) is 0 Å². The molecule has 1 saturated carbocycles. The SMILES string of the molecule is CCN(CC)CC.O=C(CNCC1CCCCC1)OCc1ccccc1. The van der Waals surface area contributed by atoms with E-state index in [9.17, 15) is 4.79 Å². The summed E-state index contributed by atoms with van der Waals surface area (Å²) in [6.45, 7) is 11.8. The van der Waals surface area contributed by atoms with Crippen molar-refractivity contribution in [2.75, 3.05) is 32.7 Å². The van der Waals surface area contributed by atoms with Gasteiger partial charge in [-0.2, -0.15) is 0 Å². The van der Waals surface area contributed by atoms with Gasteiger partial charge in [-0.3, -0.25) is 4.79 Å². The van der Waals surface area contributed by atoms with Crippen molar-refractivity contribution in [1.82, 2.24) is 10.2 Å². The summed E-state index contributed by atoms with van der Waals surface area (Å²) in [6, 6.07) is 9.78. The third-order valence-electron chi connectivity index (χ3n) is 5.01. The van der Waals surface area contributed by atoms with E-state index in [4.69, 9.17) is 4.74 Å². The van der Waals surface area contributed by atoms with E-state index in [0.717, 1.165) is 18.0 Å². The van der Waals surface area contributed by atoms with Crippen molar-refractivity contribution in [3.05, 3.63) is 35.9 Å². The third kappa shape index (κ3) is 10.6. The van der Waals surface area contributed by atoms with Gasteiger partial charge in [0.15, 0.2) is 0 Å². The van der Waals surface area contributed by atoms with Crippen molar-refractivity contribution in [3.8, 4) is 0 Å². The van der Waals surface area contributed by atoms with Crippen LogP contribution in [-0.2, 0) is 16.1 Å². The van der Waals surface area contributed by atoms with Crippen molar-refractivity contribution < 1.29 is 9.53 Å². The standard InChI is InChI=1S/C16H23NO2.C6H15N/c18-16(19-13-15-9-5-2-6-10-15)12-17-11-14-7-3-1-4-8-14;1-4-7(5-2)6-3/h2,5-6,9-10,14,17H,1,3-4,7-8,11-13H2;4-6H2,1-3H3. The predicted molar refractivity (Wildman–Crippen MR) is 109 cm³/mol. The van der Waals surface area contributed by atoms with Crippen molar-refractivity contribution in [3.63, 3.8) is 0 Å². The molecule has 0 aliphatic heterocycles. The fourth-order valence-electron chi connectivity index (χ4n) is 3.23. The first-order valence-electron chi connectivity index (χ1n) is 10.3. The van der Waals surface area contributed by atoms with Crippen LogP contribution in [0, 0.1) is 5.92 Å². The van der Waals surface area contributed by atoms with Gasteiger partial charge < -0.3 is 15.0 Å². The van der Waals surface area contributed by atoms with Gasteiger partial charge in [-0.05, 0) is 50.5 Å². The molecule has 1 aromatic carbocycles. The Labute approximate surface area is 160 Å². The Hall–Kier alpha value is -1.39. The topological polar surface area (TPSA) is 41.6 Å². The minimum atomic E-state index is -0.167. The van der Waals surface area contributed by atoms with Crippen molar-refractivity contribution >= 4 is 5.97 Å². The average molecular weight is 363 g/mol. The quantitative estimate of drug-likeness (QED) is 0.667. The van der Waals surface area contributed by atoms with Crippen LogP contribution in [0.25, 0.3) is 0 Å². The number of hydrogen-bond donors (Lipinski definition) is 1. The van der Waals surface area contributed by atoms with Crippen molar-refractivity contribution in [1.29, 1.82) is 0 Å². The Kier molecular flexibility index (Phi) is 12.8. The minimum Gasteiger partial charge on any atom is -0.460 e. The number of rotatable bonds is 9. The fraction of sp³-hybridized carbons (Fsp3) is 0.682. The number of hydrogen-bond acceptors (Lipinski definition) is 4. The van der Waals surface area contributed by atoms with E-state index in [0.29, 0.717) is 13.2 Å². The number of benzene rings is 1. The molecule has 0 aromatic heterocycles. The van der Waals surface area contributed by atoms with E-state index in [1.54, 1.807) is 0 Å². The Morgan fingerprint density at radius 3 is 2.19 bits per heavy atom. The van der Waals surface area contributed by atoms with E-state index in [1.165, 1.54) is 51.7 Å². The Morgan fingerprint density at radius 1 is 1.04 bits per heavy atom. The monoisotopic (exact) mass is 362 g/mol. The molecule has 0 atom stereocenters. The Morgan fingerprint density at radius 2 is 1.65 bits per heavy atom. The maximum Gasteiger partial charge on any atom is 0.320 e. The van der Waals surface area contributed by atoms with Gasteiger partial charge in [0, 0.05) is 0 Å². The van der Waals surface area contributed by atoms with E-state index in [1.807, 2.05) is 30.3 Å². The summed E-state index contributed by atoms with van der Waals surface area (Å²) in [6.07, 6.45) is 6.64. The first-order chi connectivity index (χ1) is 12.7. The molecule has 0 radical (unpaired) electrons. The van der Waals surface area contributed by atoms with Crippen LogP contribution in [0.3, 0.4) is 0 Å². The maximum absolute atomic E-state index is 11.6. The summed E-state index contributed by atoms with van der Waals surface area (Å²) in [5.74, 6) is 0.579. The molecule has 26 heavy (non-hydrogen) atoms. The highest BCUT2D eigenvalue weighted by molar-refractivity contribution is 5.71. The zero-order valence-electron chi connectivity index (χ0n) is 17.0. The lowest BCUT2D eigenvalue weighted by atomic mass is 9.89. The average Bonchev–Trinajstić information content (AvgIpc) is 2.70. The van der Waals surface area contributed by atoms with Crippen molar-refractivity contribution in [2.45, 2.75) is 59.5 Å². The van der Waals surface area contributed by atoms with Crippen LogP contribution in [0.15, 0.2) is 30.3 Å². The van der Waals surface area contributed by atoms with E-state index in [2.05, 4.69) is 31.0 Å². The lowest BCUT2D eigenvalue weighted by Gasteiger charge is -2.21. The van der Waals surface area contributed by atoms with Crippen molar-refractivity contribution in [2.24, 2.45) is 5.92 Å². The van der Waals surface area contributed by atoms with Crippen LogP contribution in [0.1, 0.15) is 58.4 Å². The van der Waals surface area contributed by atoms with E-state index < -0.39 is 0 Å². The van der Waals surface area contributed by atoms with E-state index >= 15 is 0 Å². The molecule has 1 fully saturated rings. The molecular weight excluding hydrogens is 324 g/mol. The second-order valence-corrected chi connectivity index (χ2v) is 6.90. The Balaban J connectivity index is 0.000000412. The molecular formula is C22H38N2O2. The molecule has 2 rings (SSSR count). The molecule has 0 amide bonds. The Bertz CT molecular complexity index is 449. The van der Waals surface area contributed by atoms with Crippen LogP contribution in [0.4, 0.5) is 0 Å². The zero-order valence-corrected chi connectivity index (χ0v) is 17.0. The second kappa shape index (κ2) is 14.7. The molecule has 0 unspecified atom stereocenters. The molecule has 1 aromatic rings. The van der Waals surface area contributed by atoms with Crippen LogP contribution < -0.4 is 5.32 Å². The first kappa shape index (κ1) is 22.7. The highest BCUT2D eigenvalue weighted by Gasteiger charge is 2.13. The van der Waals surface area contributed by atoms with Gasteiger partial charge >= 0.3 is 5.97 Å². The number of ether oxygens (including phenoxy) is 1. The molecule has 0 saturated heterocycles. The molecule has 4 nitrogen and oxygen atoms in total. The minimum absolute atomic E-state index is 0.167. The summed E-state index contributed by atoms with van der Waals surface area (Å²) in [5.41, 5.74) is 1.03. The van der Waals surface area contributed by atoms with Crippen LogP contribution >= 0.6 is 0 Å². The summed E-state index contributed by atoms with van der Waals surface area (Å²) in [5, 5.41) is 3.22. The normalized spacial score (nSPS) is 14.6. The number of carbonyl (C=O) groups excluding carboxylic acids is 1. The van der Waals surface area contributed by atoms with Gasteiger partial charge in [-0.15, -0.1) is 0 Å². The number of nitrogens with zero attached hydrogens (tertiary/aromatic N) is 1. The second-order valence-electron chi connectivity index (χ2n) is 6.90. The molecule has 4 heteroatoms. The summed E-state index contributed by atoms with van der Waals surface area (Å²) in [4.78, 5) is 13.9. The van der Waals surface area contributed by atoms with Gasteiger partial charge in [-0.1, -0.05) is 70.4 Å². The number of nitrogens with one attached hydrogen (secondary N) is 1. The predicted octanol–water partition coefficient (Wildman–Crippen LogP) is 4.25. The maximum atomic E-state index is 11.6. The lowest BCUT2D eigenvalue weighted by molar-refractivity contribution is -0.143. The number of esters is 1. The first-order valence-corrected chi connectivity index (χ1v) is 10.3. The molecule has 148 valence electrons. The van der Waals surface area contributed by atoms with E-state index in [-0.39, 0.29) is 5.97 Å². The highest BCUT2D eigenvalue weighted by Crippen LogP contribution is 2.22. The van der Waals surface area contributed by atoms with Crippen LogP contribution in [0.5, 0.6) is 0 Å². The van der Waals surface area contributed by atoms with Gasteiger partial charge in [0.1, 0.15) is 6.61 Å². The molecule has 1 N–H and O–H groups in total. The van der Waals surface area contributed by atoms with Crippen LogP contribution in [-0.4, -0.2) is 43.6 Å². The summed E-state index contributed by atoms with van der Waals surface area (Å²) >= 11 is 0. The summed E-state index contributed by atoms with van der Waals surface area (Å²) in [7, 11) is 0. The largest absolute Gasteiger partial charge is 0.460 e.